The van der Waals surface area contributed by atoms with Gasteiger partial charge in [0.1, 0.15) is 0 Å². The fourth-order valence-corrected chi connectivity index (χ4v) is 1.37. The first-order valence-corrected chi connectivity index (χ1v) is 4.93. The molecule has 0 saturated carbocycles. The molecule has 0 aromatic carbocycles. The van der Waals surface area contributed by atoms with Crippen LogP contribution < -0.4 is 5.90 Å². The summed E-state index contributed by atoms with van der Waals surface area (Å²) in [5.41, 5.74) is 0. The third kappa shape index (κ3) is 4.31. The van der Waals surface area contributed by atoms with Gasteiger partial charge in [-0.25, -0.2) is 10.5 Å². The minimum Gasteiger partial charge on any atom is -0.516 e. The Hall–Kier alpha value is -0.610. The van der Waals surface area contributed by atoms with Crippen molar-refractivity contribution in [2.75, 3.05) is 12.8 Å². The van der Waals surface area contributed by atoms with Crippen LogP contribution in [0.1, 0.15) is 0 Å². The Morgan fingerprint density at radius 1 is 1.67 bits per heavy atom. The highest BCUT2D eigenvalue weighted by molar-refractivity contribution is 7.54. The molecule has 0 fully saturated rings. The predicted molar refractivity (Wildman–Crippen MR) is 45.7 cm³/mol. The third-order valence-corrected chi connectivity index (χ3v) is 2.56. The Morgan fingerprint density at radius 3 is 2.75 bits per heavy atom. The summed E-state index contributed by atoms with van der Waals surface area (Å²) in [6.07, 6.45) is 3.49. The van der Waals surface area contributed by atoms with Gasteiger partial charge in [0.15, 0.2) is 0 Å². The van der Waals surface area contributed by atoms with Crippen LogP contribution in [-0.4, -0.2) is 17.9 Å². The van der Waals surface area contributed by atoms with Crippen LogP contribution in [0.25, 0.3) is 0 Å². The number of hydrogen-bond acceptors (Lipinski definition) is 5. The lowest BCUT2D eigenvalue weighted by atomic mass is 10.7. The lowest BCUT2D eigenvalue weighted by molar-refractivity contribution is 0.225. The molecule has 0 aliphatic rings. The number of nitrogens with two attached hydrogens (primary N) is 1. The van der Waals surface area contributed by atoms with Crippen molar-refractivity contribution in [3.05, 3.63) is 25.0 Å². The minimum atomic E-state index is -3.23. The van der Waals surface area contributed by atoms with E-state index in [9.17, 15) is 4.57 Å². The van der Waals surface area contributed by atoms with Crippen LogP contribution in [0.2, 0.25) is 0 Å². The van der Waals surface area contributed by atoms with Crippen molar-refractivity contribution in [3.63, 3.8) is 0 Å². The Labute approximate surface area is 71.0 Å². The zero-order valence-electron chi connectivity index (χ0n) is 6.55. The molecule has 70 valence electrons. The molecule has 0 aliphatic carbocycles. The van der Waals surface area contributed by atoms with E-state index in [4.69, 9.17) is 15.5 Å². The standard InChI is InChI=1S/C6H12NO4P/c1-2-6-12(9,11-7)10-5-3-4-8/h2-4,8H,1,5-7H2. The Kier molecular flexibility index (Phi) is 5.66. The molecule has 0 rings (SSSR count). The van der Waals surface area contributed by atoms with Gasteiger partial charge in [0.2, 0.25) is 0 Å². The highest BCUT2D eigenvalue weighted by Crippen LogP contribution is 2.45. The molecule has 1 atom stereocenters. The maximum absolute atomic E-state index is 11.3. The van der Waals surface area contributed by atoms with Crippen molar-refractivity contribution >= 4 is 7.60 Å². The summed E-state index contributed by atoms with van der Waals surface area (Å²) >= 11 is 0. The SMILES string of the molecule is C=CCP(=O)(ON)OCC=CO. The van der Waals surface area contributed by atoms with Gasteiger partial charge in [0, 0.05) is 0 Å². The number of allylic oxidation sites excluding steroid dienone is 1. The Bertz CT molecular complexity index is 204. The number of rotatable bonds is 6. The fraction of sp³-hybridized carbons (Fsp3) is 0.333. The minimum absolute atomic E-state index is 0.0151. The molecule has 0 radical (unpaired) electrons. The van der Waals surface area contributed by atoms with Crippen molar-refractivity contribution < 1.29 is 18.8 Å². The molecule has 0 aromatic heterocycles. The second-order valence-corrected chi connectivity index (χ2v) is 3.92. The van der Waals surface area contributed by atoms with Gasteiger partial charge in [0.05, 0.1) is 19.0 Å². The predicted octanol–water partition coefficient (Wildman–Crippen LogP) is 1.34. The first-order chi connectivity index (χ1) is 5.68. The van der Waals surface area contributed by atoms with Gasteiger partial charge in [-0.15, -0.1) is 6.58 Å². The molecule has 0 amide bonds. The van der Waals surface area contributed by atoms with Crippen molar-refractivity contribution in [2.45, 2.75) is 0 Å². The lowest BCUT2D eigenvalue weighted by Gasteiger charge is -2.11. The second-order valence-electron chi connectivity index (χ2n) is 1.87. The quantitative estimate of drug-likeness (QED) is 0.288. The van der Waals surface area contributed by atoms with Crippen molar-refractivity contribution in [3.8, 4) is 0 Å². The molecule has 0 bridgehead atoms. The van der Waals surface area contributed by atoms with Gasteiger partial charge in [-0.1, -0.05) is 6.08 Å². The van der Waals surface area contributed by atoms with Crippen molar-refractivity contribution in [1.29, 1.82) is 0 Å². The summed E-state index contributed by atoms with van der Waals surface area (Å²) in [5, 5.41) is 8.22. The van der Waals surface area contributed by atoms with Crippen molar-refractivity contribution in [1.82, 2.24) is 0 Å². The first-order valence-electron chi connectivity index (χ1n) is 3.20. The molecule has 0 heterocycles. The summed E-state index contributed by atoms with van der Waals surface area (Å²) in [4.78, 5) is 0. The Balaban J connectivity index is 3.96. The smallest absolute Gasteiger partial charge is 0.350 e. The zero-order chi connectivity index (χ0) is 9.45. The average molecular weight is 193 g/mol. The van der Waals surface area contributed by atoms with E-state index in [2.05, 4.69) is 11.2 Å². The monoisotopic (exact) mass is 193 g/mol. The molecule has 5 nitrogen and oxygen atoms in total. The van der Waals surface area contributed by atoms with E-state index in [1.165, 1.54) is 12.2 Å². The van der Waals surface area contributed by atoms with Gasteiger partial charge in [0.25, 0.3) is 0 Å². The van der Waals surface area contributed by atoms with E-state index in [-0.39, 0.29) is 12.8 Å². The van der Waals surface area contributed by atoms with Crippen LogP contribution >= 0.6 is 7.60 Å². The van der Waals surface area contributed by atoms with E-state index in [1.807, 2.05) is 0 Å². The maximum atomic E-state index is 11.3. The van der Waals surface area contributed by atoms with Crippen LogP contribution in [0.5, 0.6) is 0 Å². The topological polar surface area (TPSA) is 81.8 Å². The fourth-order valence-electron chi connectivity index (χ4n) is 0.484. The van der Waals surface area contributed by atoms with Gasteiger partial charge >= 0.3 is 7.60 Å². The van der Waals surface area contributed by atoms with Crippen LogP contribution in [0.3, 0.4) is 0 Å². The van der Waals surface area contributed by atoms with Gasteiger partial charge in [-0.3, -0.25) is 4.57 Å². The maximum Gasteiger partial charge on any atom is 0.350 e. The zero-order valence-corrected chi connectivity index (χ0v) is 7.44. The van der Waals surface area contributed by atoms with Crippen LogP contribution in [0.4, 0.5) is 0 Å². The number of hydrogen-bond donors (Lipinski definition) is 2. The molecular weight excluding hydrogens is 181 g/mol. The van der Waals surface area contributed by atoms with E-state index >= 15 is 0 Å². The summed E-state index contributed by atoms with van der Waals surface area (Å²) < 4.78 is 20.2. The van der Waals surface area contributed by atoms with Crippen LogP contribution in [0, 0.1) is 0 Å². The van der Waals surface area contributed by atoms with E-state index in [1.54, 1.807) is 0 Å². The van der Waals surface area contributed by atoms with Gasteiger partial charge in [-0.2, -0.15) is 0 Å². The lowest BCUT2D eigenvalue weighted by Crippen LogP contribution is -2.03. The van der Waals surface area contributed by atoms with Gasteiger partial charge in [-0.05, 0) is 6.08 Å². The first kappa shape index (κ1) is 11.4. The molecule has 0 aromatic rings. The Morgan fingerprint density at radius 2 is 2.33 bits per heavy atom. The second kappa shape index (κ2) is 5.97. The number of aliphatic hydroxyl groups is 1. The molecule has 3 N–H and O–H groups in total. The summed E-state index contributed by atoms with van der Waals surface area (Å²) in [6.45, 7) is 3.35. The van der Waals surface area contributed by atoms with Crippen LogP contribution in [-0.2, 0) is 13.7 Å². The normalized spacial score (nSPS) is 16.1. The van der Waals surface area contributed by atoms with E-state index in [0.717, 1.165) is 6.26 Å². The molecule has 0 aliphatic heterocycles. The summed E-state index contributed by atoms with van der Waals surface area (Å²) in [5.74, 6) is 4.75. The highest BCUT2D eigenvalue weighted by atomic mass is 31.2. The average Bonchev–Trinajstić information content (AvgIpc) is 2.06. The van der Waals surface area contributed by atoms with Crippen molar-refractivity contribution in [2.24, 2.45) is 5.90 Å². The van der Waals surface area contributed by atoms with Gasteiger partial charge < -0.3 is 9.63 Å². The molecule has 6 heteroatoms. The molecule has 12 heavy (non-hydrogen) atoms. The van der Waals surface area contributed by atoms with Crippen LogP contribution in [0.15, 0.2) is 25.0 Å². The third-order valence-electron chi connectivity index (χ3n) is 0.986. The number of aliphatic hydroxyl groups excluding tert-OH is 1. The van der Waals surface area contributed by atoms with E-state index in [0.29, 0.717) is 0 Å². The summed E-state index contributed by atoms with van der Waals surface area (Å²) in [7, 11) is -3.23. The summed E-state index contributed by atoms with van der Waals surface area (Å²) in [6, 6.07) is 0. The van der Waals surface area contributed by atoms with E-state index < -0.39 is 7.60 Å². The molecule has 0 saturated heterocycles. The molecular formula is C6H12NO4P. The molecule has 0 spiro atoms. The highest BCUT2D eigenvalue weighted by Gasteiger charge is 2.20. The largest absolute Gasteiger partial charge is 0.516 e. The molecule has 1 unspecified atom stereocenters.